The zero-order valence-corrected chi connectivity index (χ0v) is 14.8. The molecule has 1 saturated carbocycles. The summed E-state index contributed by atoms with van der Waals surface area (Å²) in [5, 5.41) is 19.2. The van der Waals surface area contributed by atoms with E-state index in [1.807, 2.05) is 6.92 Å². The number of nitrogens with zero attached hydrogens (tertiary/aromatic N) is 3. The highest BCUT2D eigenvalue weighted by atomic mass is 19.4. The molecule has 0 spiro atoms. The molecule has 2 amide bonds. The zero-order chi connectivity index (χ0) is 19.8. The summed E-state index contributed by atoms with van der Waals surface area (Å²) in [4.78, 5) is 15.8. The van der Waals surface area contributed by atoms with Crippen molar-refractivity contribution in [2.45, 2.75) is 44.5 Å². The monoisotopic (exact) mass is 383 g/mol. The Hall–Kier alpha value is -2.62. The number of halogens is 3. The van der Waals surface area contributed by atoms with Crippen LogP contribution >= 0.6 is 0 Å². The van der Waals surface area contributed by atoms with Crippen molar-refractivity contribution in [1.82, 2.24) is 20.1 Å². The second-order valence-electron chi connectivity index (χ2n) is 6.85. The molecule has 146 valence electrons. The van der Waals surface area contributed by atoms with Crippen molar-refractivity contribution >= 4 is 11.8 Å². The van der Waals surface area contributed by atoms with Crippen LogP contribution in [0.3, 0.4) is 0 Å². The van der Waals surface area contributed by atoms with Gasteiger partial charge in [0, 0.05) is 30.1 Å². The van der Waals surface area contributed by atoms with Crippen molar-refractivity contribution in [3.05, 3.63) is 36.2 Å². The average Bonchev–Trinajstić information content (AvgIpc) is 3.34. The Bertz CT molecular complexity index is 813. The third kappa shape index (κ3) is 4.21. The summed E-state index contributed by atoms with van der Waals surface area (Å²) in [6, 6.07) is 3.70. The van der Waals surface area contributed by atoms with Gasteiger partial charge in [0.25, 0.3) is 0 Å². The van der Waals surface area contributed by atoms with Crippen LogP contribution < -0.4 is 10.6 Å². The van der Waals surface area contributed by atoms with E-state index < -0.39 is 11.8 Å². The van der Waals surface area contributed by atoms with Crippen molar-refractivity contribution in [3.63, 3.8) is 0 Å². The summed E-state index contributed by atoms with van der Waals surface area (Å²) in [5.41, 5.74) is -3.37. The van der Waals surface area contributed by atoms with E-state index in [4.69, 9.17) is 0 Å². The average molecular weight is 383 g/mol. The number of urea groups is 1. The zero-order valence-electron chi connectivity index (χ0n) is 14.8. The van der Waals surface area contributed by atoms with Crippen LogP contribution in [0.2, 0.25) is 0 Å². The number of rotatable bonds is 5. The first-order valence-corrected chi connectivity index (χ1v) is 8.47. The highest BCUT2D eigenvalue weighted by Crippen LogP contribution is 2.38. The van der Waals surface area contributed by atoms with Crippen molar-refractivity contribution in [2.24, 2.45) is 5.92 Å². The van der Waals surface area contributed by atoms with Gasteiger partial charge in [0.1, 0.15) is 0 Å². The summed E-state index contributed by atoms with van der Waals surface area (Å²) in [7, 11) is 0. The lowest BCUT2D eigenvalue weighted by molar-refractivity contribution is -0.259. The molecule has 1 aliphatic carbocycles. The van der Waals surface area contributed by atoms with Gasteiger partial charge >= 0.3 is 12.2 Å². The van der Waals surface area contributed by atoms with Crippen molar-refractivity contribution in [1.29, 1.82) is 0 Å². The molecule has 1 aliphatic rings. The number of hydrogen-bond donors (Lipinski definition) is 3. The maximum Gasteiger partial charge on any atom is 0.421 e. The summed E-state index contributed by atoms with van der Waals surface area (Å²) >= 11 is 0. The molecule has 3 N–H and O–H groups in total. The number of aliphatic hydroxyl groups is 1. The first-order valence-electron chi connectivity index (χ1n) is 8.47. The SMILES string of the molecule is C[C@H](NC(=O)Nc1ccn(-c2ccc(C(C)(O)C(F)(F)F)cn2)n1)C1CC1. The smallest absolute Gasteiger partial charge is 0.376 e. The molecule has 2 aromatic heterocycles. The molecule has 2 heterocycles. The number of aromatic nitrogens is 3. The molecule has 0 aromatic carbocycles. The molecule has 0 radical (unpaired) electrons. The van der Waals surface area contributed by atoms with Gasteiger partial charge in [-0.2, -0.15) is 13.2 Å². The van der Waals surface area contributed by atoms with E-state index in [1.165, 1.54) is 16.9 Å². The topological polar surface area (TPSA) is 92.1 Å². The lowest BCUT2D eigenvalue weighted by atomic mass is 9.97. The number of alkyl halides is 3. The van der Waals surface area contributed by atoms with Gasteiger partial charge < -0.3 is 10.4 Å². The van der Waals surface area contributed by atoms with Gasteiger partial charge in [0.05, 0.1) is 0 Å². The fourth-order valence-corrected chi connectivity index (χ4v) is 2.56. The molecular weight excluding hydrogens is 363 g/mol. The first kappa shape index (κ1) is 19.2. The molecule has 27 heavy (non-hydrogen) atoms. The van der Waals surface area contributed by atoms with E-state index in [0.29, 0.717) is 12.8 Å². The van der Waals surface area contributed by atoms with Gasteiger partial charge in [0.2, 0.25) is 0 Å². The van der Waals surface area contributed by atoms with E-state index in [-0.39, 0.29) is 29.3 Å². The number of carbonyl (C=O) groups is 1. The van der Waals surface area contributed by atoms with Crippen molar-refractivity contribution in [3.8, 4) is 5.82 Å². The summed E-state index contributed by atoms with van der Waals surface area (Å²) in [6.07, 6.45) is -0.132. The van der Waals surface area contributed by atoms with Gasteiger partial charge in [0.15, 0.2) is 17.2 Å². The maximum atomic E-state index is 12.9. The van der Waals surface area contributed by atoms with Gasteiger partial charge in [-0.1, -0.05) is 6.07 Å². The fourth-order valence-electron chi connectivity index (χ4n) is 2.56. The number of anilines is 1. The van der Waals surface area contributed by atoms with Crippen LogP contribution in [0.15, 0.2) is 30.6 Å². The van der Waals surface area contributed by atoms with E-state index in [9.17, 15) is 23.1 Å². The first-order chi connectivity index (χ1) is 12.6. The van der Waals surface area contributed by atoms with Gasteiger partial charge in [-0.25, -0.2) is 14.5 Å². The molecule has 0 bridgehead atoms. The predicted molar refractivity (Wildman–Crippen MR) is 91.3 cm³/mol. The Morgan fingerprint density at radius 1 is 1.33 bits per heavy atom. The lowest BCUT2D eigenvalue weighted by Gasteiger charge is -2.26. The van der Waals surface area contributed by atoms with Gasteiger partial charge in [-0.05, 0) is 38.7 Å². The quantitative estimate of drug-likeness (QED) is 0.740. The number of hydrogen-bond acceptors (Lipinski definition) is 4. The molecule has 1 unspecified atom stereocenters. The van der Waals surface area contributed by atoms with Crippen LogP contribution in [-0.4, -0.2) is 38.1 Å². The Morgan fingerprint density at radius 3 is 2.59 bits per heavy atom. The fraction of sp³-hybridized carbons (Fsp3) is 0.471. The van der Waals surface area contributed by atoms with Crippen LogP contribution in [0, 0.1) is 5.92 Å². The standard InChI is InChI=1S/C17H20F3N5O2/c1-10(11-3-4-11)22-15(26)23-13-7-8-25(24-13)14-6-5-12(9-21-14)16(2,27)17(18,19)20/h5-11,27H,3-4H2,1-2H3,(H2,22,23,24,26)/t10-,16?/m0/s1. The highest BCUT2D eigenvalue weighted by Gasteiger charge is 2.51. The normalized spacial score (nSPS) is 17.9. The largest absolute Gasteiger partial charge is 0.421 e. The van der Waals surface area contributed by atoms with Crippen LogP contribution in [-0.2, 0) is 5.60 Å². The molecule has 0 aliphatic heterocycles. The van der Waals surface area contributed by atoms with Crippen LogP contribution in [0.1, 0.15) is 32.3 Å². The number of amides is 2. The summed E-state index contributed by atoms with van der Waals surface area (Å²) < 4.78 is 39.9. The molecule has 3 rings (SSSR count). The van der Waals surface area contributed by atoms with Gasteiger partial charge in [-0.15, -0.1) is 5.10 Å². The second kappa shape index (κ2) is 6.84. The summed E-state index contributed by atoms with van der Waals surface area (Å²) in [6.45, 7) is 2.61. The van der Waals surface area contributed by atoms with Crippen molar-refractivity contribution < 1.29 is 23.1 Å². The minimum atomic E-state index is -4.82. The summed E-state index contributed by atoms with van der Waals surface area (Å²) in [5.74, 6) is 1.05. The highest BCUT2D eigenvalue weighted by molar-refractivity contribution is 5.88. The van der Waals surface area contributed by atoms with E-state index in [1.54, 1.807) is 6.07 Å². The Balaban J connectivity index is 1.66. The molecular formula is C17H20F3N5O2. The number of nitrogens with one attached hydrogen (secondary N) is 2. The lowest BCUT2D eigenvalue weighted by Crippen LogP contribution is -2.39. The molecule has 2 aromatic rings. The molecule has 7 nitrogen and oxygen atoms in total. The van der Waals surface area contributed by atoms with Crippen LogP contribution in [0.4, 0.5) is 23.8 Å². The molecule has 10 heteroatoms. The third-order valence-corrected chi connectivity index (χ3v) is 4.62. The Morgan fingerprint density at radius 2 is 2.04 bits per heavy atom. The molecule has 1 fully saturated rings. The van der Waals surface area contributed by atoms with Crippen LogP contribution in [0.25, 0.3) is 5.82 Å². The Labute approximate surface area is 153 Å². The minimum absolute atomic E-state index is 0.0859. The van der Waals surface area contributed by atoms with Crippen molar-refractivity contribution in [2.75, 3.05) is 5.32 Å². The Kier molecular flexibility index (Phi) is 4.85. The van der Waals surface area contributed by atoms with E-state index >= 15 is 0 Å². The third-order valence-electron chi connectivity index (χ3n) is 4.62. The predicted octanol–water partition coefficient (Wildman–Crippen LogP) is 2.96. The van der Waals surface area contributed by atoms with E-state index in [0.717, 1.165) is 25.1 Å². The number of pyridine rings is 1. The molecule has 2 atom stereocenters. The number of carbonyl (C=O) groups excluding carboxylic acids is 1. The molecule has 0 saturated heterocycles. The second-order valence-corrected chi connectivity index (χ2v) is 6.85. The van der Waals surface area contributed by atoms with E-state index in [2.05, 4.69) is 20.7 Å². The van der Waals surface area contributed by atoms with Gasteiger partial charge in [-0.3, -0.25) is 5.32 Å². The maximum absolute atomic E-state index is 12.9. The minimum Gasteiger partial charge on any atom is -0.376 e. The van der Waals surface area contributed by atoms with Crippen LogP contribution in [0.5, 0.6) is 0 Å².